The second-order valence-electron chi connectivity index (χ2n) is 7.93. The Morgan fingerprint density at radius 2 is 1.55 bits per heavy atom. The molecule has 168 valence electrons. The summed E-state index contributed by atoms with van der Waals surface area (Å²) in [6.07, 6.45) is 0. The van der Waals surface area contributed by atoms with Crippen LogP contribution in [0, 0.1) is 0 Å². The molecule has 1 atom stereocenters. The summed E-state index contributed by atoms with van der Waals surface area (Å²) < 4.78 is 11.8. The Morgan fingerprint density at radius 1 is 0.848 bits per heavy atom. The number of piperazine rings is 1. The number of benzene rings is 3. The molecule has 0 radical (unpaired) electrons. The van der Waals surface area contributed by atoms with Crippen LogP contribution in [-0.2, 0) is 0 Å². The Labute approximate surface area is 198 Å². The van der Waals surface area contributed by atoms with Crippen molar-refractivity contribution in [2.45, 2.75) is 6.04 Å². The van der Waals surface area contributed by atoms with Crippen LogP contribution in [-0.4, -0.2) is 48.4 Å². The molecule has 1 saturated heterocycles. The summed E-state index contributed by atoms with van der Waals surface area (Å²) in [7, 11) is 1.71. The van der Waals surface area contributed by atoms with Crippen molar-refractivity contribution in [1.82, 2.24) is 15.1 Å². The number of nitrogens with zero attached hydrogens (tertiary/aromatic N) is 4. The van der Waals surface area contributed by atoms with Crippen LogP contribution < -0.4 is 9.64 Å². The molecule has 0 spiro atoms. The van der Waals surface area contributed by atoms with Crippen LogP contribution in [0.15, 0.2) is 83.3 Å². The lowest BCUT2D eigenvalue weighted by molar-refractivity contribution is 0.187. The van der Waals surface area contributed by atoms with Crippen LogP contribution in [0.3, 0.4) is 0 Å². The van der Waals surface area contributed by atoms with Gasteiger partial charge >= 0.3 is 0 Å². The number of methoxy groups -OCH3 is 1. The van der Waals surface area contributed by atoms with Crippen LogP contribution in [0.1, 0.15) is 17.5 Å². The van der Waals surface area contributed by atoms with Gasteiger partial charge in [0, 0.05) is 26.2 Å². The molecule has 4 aromatic rings. The maximum atomic E-state index is 6.36. The summed E-state index contributed by atoms with van der Waals surface area (Å²) in [6.45, 7) is 3.44. The van der Waals surface area contributed by atoms with Gasteiger partial charge in [0.1, 0.15) is 11.8 Å². The number of para-hydroxylation sites is 2. The van der Waals surface area contributed by atoms with E-state index in [9.17, 15) is 0 Å². The highest BCUT2D eigenvalue weighted by atomic mass is 35.5. The molecule has 1 aliphatic heterocycles. The quantitative estimate of drug-likeness (QED) is 0.388. The van der Waals surface area contributed by atoms with E-state index in [0.29, 0.717) is 16.8 Å². The molecule has 0 amide bonds. The monoisotopic (exact) mass is 460 g/mol. The van der Waals surface area contributed by atoms with Crippen molar-refractivity contribution in [3.8, 4) is 17.2 Å². The average molecular weight is 461 g/mol. The van der Waals surface area contributed by atoms with Crippen molar-refractivity contribution in [2.75, 3.05) is 38.2 Å². The number of aromatic nitrogens is 2. The Hall–Kier alpha value is -3.35. The van der Waals surface area contributed by atoms with Gasteiger partial charge in [0.25, 0.3) is 0 Å². The summed E-state index contributed by atoms with van der Waals surface area (Å²) in [6, 6.07) is 25.9. The van der Waals surface area contributed by atoms with Gasteiger partial charge in [0.05, 0.1) is 23.4 Å². The molecule has 1 aromatic heterocycles. The minimum Gasteiger partial charge on any atom is -0.495 e. The van der Waals surface area contributed by atoms with Crippen LogP contribution >= 0.6 is 11.6 Å². The van der Waals surface area contributed by atoms with Crippen molar-refractivity contribution in [3.05, 3.63) is 95.3 Å². The normalized spacial score (nSPS) is 15.4. The molecule has 3 aromatic carbocycles. The molecule has 0 aliphatic carbocycles. The number of anilines is 1. The lowest BCUT2D eigenvalue weighted by atomic mass is 10.0. The van der Waals surface area contributed by atoms with Crippen molar-refractivity contribution in [1.29, 1.82) is 0 Å². The molecule has 7 heteroatoms. The number of hydrogen-bond donors (Lipinski definition) is 0. The van der Waals surface area contributed by atoms with Gasteiger partial charge in [-0.15, -0.1) is 10.2 Å². The number of ether oxygens (including phenoxy) is 1. The fraction of sp³-hybridized carbons (Fsp3) is 0.231. The van der Waals surface area contributed by atoms with Gasteiger partial charge in [-0.3, -0.25) is 4.90 Å². The Kier molecular flexibility index (Phi) is 6.28. The summed E-state index contributed by atoms with van der Waals surface area (Å²) >= 11 is 6.36. The first-order chi connectivity index (χ1) is 16.2. The summed E-state index contributed by atoms with van der Waals surface area (Å²) in [4.78, 5) is 4.76. The van der Waals surface area contributed by atoms with Gasteiger partial charge in [0.15, 0.2) is 0 Å². The molecule has 1 fully saturated rings. The fourth-order valence-corrected chi connectivity index (χ4v) is 4.56. The van der Waals surface area contributed by atoms with Gasteiger partial charge < -0.3 is 14.1 Å². The maximum absolute atomic E-state index is 6.36. The third kappa shape index (κ3) is 4.45. The predicted octanol–water partition coefficient (Wildman–Crippen LogP) is 5.31. The van der Waals surface area contributed by atoms with Gasteiger partial charge in [0.2, 0.25) is 11.8 Å². The number of rotatable bonds is 6. The first-order valence-electron chi connectivity index (χ1n) is 11.0. The first kappa shape index (κ1) is 21.5. The summed E-state index contributed by atoms with van der Waals surface area (Å²) in [5, 5.41) is 9.35. The van der Waals surface area contributed by atoms with Crippen LogP contribution in [0.4, 0.5) is 5.69 Å². The minimum atomic E-state index is -0.130. The molecule has 0 N–H and O–H groups in total. The third-order valence-electron chi connectivity index (χ3n) is 6.00. The highest BCUT2D eigenvalue weighted by Crippen LogP contribution is 2.34. The second-order valence-corrected chi connectivity index (χ2v) is 8.34. The summed E-state index contributed by atoms with van der Waals surface area (Å²) in [5.41, 5.74) is 2.98. The maximum Gasteiger partial charge on any atom is 0.249 e. The van der Waals surface area contributed by atoms with E-state index in [1.165, 1.54) is 0 Å². The first-order valence-corrected chi connectivity index (χ1v) is 11.4. The predicted molar refractivity (Wildman–Crippen MR) is 130 cm³/mol. The van der Waals surface area contributed by atoms with Gasteiger partial charge in [-0.25, -0.2) is 0 Å². The second kappa shape index (κ2) is 9.65. The molecule has 0 unspecified atom stereocenters. The lowest BCUT2D eigenvalue weighted by Crippen LogP contribution is -2.48. The van der Waals surface area contributed by atoms with Crippen LogP contribution in [0.5, 0.6) is 5.75 Å². The van der Waals surface area contributed by atoms with E-state index in [0.717, 1.165) is 48.7 Å². The molecule has 1 aliphatic rings. The van der Waals surface area contributed by atoms with E-state index in [2.05, 4.69) is 38.2 Å². The standard InChI is InChI=1S/C26H25ClN4O2/c1-32-23-14-8-7-13-22(23)30-15-17-31(18-16-30)24(19-9-3-2-4-10-19)26-29-28-25(33-26)20-11-5-6-12-21(20)27/h2-14,24H,15-18H2,1H3/t24-/m1/s1. The van der Waals surface area contributed by atoms with Gasteiger partial charge in [-0.1, -0.05) is 66.2 Å². The zero-order valence-electron chi connectivity index (χ0n) is 18.4. The largest absolute Gasteiger partial charge is 0.495 e. The summed E-state index contributed by atoms with van der Waals surface area (Å²) in [5.74, 6) is 1.90. The third-order valence-corrected chi connectivity index (χ3v) is 6.33. The molecule has 0 bridgehead atoms. The Balaban J connectivity index is 1.42. The SMILES string of the molecule is COc1ccccc1N1CCN([C@H](c2ccccc2)c2nnc(-c3ccccc3Cl)o2)CC1. The zero-order valence-corrected chi connectivity index (χ0v) is 19.2. The van der Waals surface area contributed by atoms with Crippen LogP contribution in [0.25, 0.3) is 11.5 Å². The molecule has 2 heterocycles. The minimum absolute atomic E-state index is 0.130. The molecular formula is C26H25ClN4O2. The van der Waals surface area contributed by atoms with E-state index in [4.69, 9.17) is 20.8 Å². The van der Waals surface area contributed by atoms with E-state index in [1.807, 2.05) is 60.7 Å². The van der Waals surface area contributed by atoms with Crippen molar-refractivity contribution < 1.29 is 9.15 Å². The Morgan fingerprint density at radius 3 is 2.30 bits per heavy atom. The highest BCUT2D eigenvalue weighted by Gasteiger charge is 2.31. The van der Waals surface area contributed by atoms with E-state index in [1.54, 1.807) is 7.11 Å². The van der Waals surface area contributed by atoms with Gasteiger partial charge in [-0.05, 0) is 29.8 Å². The molecular weight excluding hydrogens is 436 g/mol. The van der Waals surface area contributed by atoms with Crippen molar-refractivity contribution >= 4 is 17.3 Å². The molecule has 0 saturated carbocycles. The average Bonchev–Trinajstić information content (AvgIpc) is 3.35. The van der Waals surface area contributed by atoms with Gasteiger partial charge in [-0.2, -0.15) is 0 Å². The van der Waals surface area contributed by atoms with E-state index < -0.39 is 0 Å². The topological polar surface area (TPSA) is 54.6 Å². The highest BCUT2D eigenvalue weighted by molar-refractivity contribution is 6.33. The molecule has 33 heavy (non-hydrogen) atoms. The smallest absolute Gasteiger partial charge is 0.249 e. The van der Waals surface area contributed by atoms with Crippen molar-refractivity contribution in [2.24, 2.45) is 0 Å². The zero-order chi connectivity index (χ0) is 22.6. The molecule has 6 nitrogen and oxygen atoms in total. The van der Waals surface area contributed by atoms with E-state index in [-0.39, 0.29) is 6.04 Å². The Bertz CT molecular complexity index is 1210. The molecule has 5 rings (SSSR count). The fourth-order valence-electron chi connectivity index (χ4n) is 4.35. The lowest BCUT2D eigenvalue weighted by Gasteiger charge is -2.39. The number of halogens is 1. The van der Waals surface area contributed by atoms with Crippen molar-refractivity contribution in [3.63, 3.8) is 0 Å². The van der Waals surface area contributed by atoms with Crippen LogP contribution in [0.2, 0.25) is 5.02 Å². The number of hydrogen-bond acceptors (Lipinski definition) is 6. The van der Waals surface area contributed by atoms with E-state index >= 15 is 0 Å².